The SMILES string of the molecule is Cc1c(F)c(C2(CC3CCOCC3)CCNCC2)cc(F)c1C(N)=O. The van der Waals surface area contributed by atoms with Crippen LogP contribution in [0.3, 0.4) is 0 Å². The molecular weight excluding hydrogens is 326 g/mol. The van der Waals surface area contributed by atoms with Gasteiger partial charge in [0.25, 0.3) is 5.91 Å². The second-order valence-corrected chi connectivity index (χ2v) is 7.37. The van der Waals surface area contributed by atoms with Gasteiger partial charge < -0.3 is 15.8 Å². The van der Waals surface area contributed by atoms with Crippen LogP contribution in [-0.2, 0) is 10.2 Å². The number of halogens is 2. The molecule has 2 aliphatic heterocycles. The number of carbonyl (C=O) groups is 1. The number of piperidine rings is 1. The van der Waals surface area contributed by atoms with E-state index in [0.29, 0.717) is 11.5 Å². The van der Waals surface area contributed by atoms with Crippen molar-refractivity contribution in [3.05, 3.63) is 34.4 Å². The van der Waals surface area contributed by atoms with Crippen LogP contribution in [0.25, 0.3) is 0 Å². The Morgan fingerprint density at radius 3 is 2.56 bits per heavy atom. The van der Waals surface area contributed by atoms with Gasteiger partial charge in [0.05, 0.1) is 5.56 Å². The van der Waals surface area contributed by atoms with Crippen molar-refractivity contribution in [2.24, 2.45) is 11.7 Å². The van der Waals surface area contributed by atoms with Gasteiger partial charge in [0.15, 0.2) is 0 Å². The molecule has 3 rings (SSSR count). The molecule has 1 aromatic carbocycles. The highest BCUT2D eigenvalue weighted by Gasteiger charge is 2.40. The Bertz CT molecular complexity index is 651. The first-order chi connectivity index (χ1) is 11.9. The summed E-state index contributed by atoms with van der Waals surface area (Å²) in [6.07, 6.45) is 4.26. The molecule has 4 nitrogen and oxygen atoms in total. The fraction of sp³-hybridized carbons (Fsp3) is 0.632. The molecule has 2 heterocycles. The number of benzene rings is 1. The number of carbonyl (C=O) groups excluding carboxylic acids is 1. The maximum absolute atomic E-state index is 15.2. The first kappa shape index (κ1) is 18.3. The Balaban J connectivity index is 2.02. The fourth-order valence-corrected chi connectivity index (χ4v) is 4.43. The van der Waals surface area contributed by atoms with Gasteiger partial charge in [-0.25, -0.2) is 8.78 Å². The second kappa shape index (κ2) is 7.38. The Kier molecular flexibility index (Phi) is 5.39. The van der Waals surface area contributed by atoms with Gasteiger partial charge in [0.2, 0.25) is 0 Å². The maximum atomic E-state index is 15.2. The number of amides is 1. The van der Waals surface area contributed by atoms with Gasteiger partial charge in [0.1, 0.15) is 11.6 Å². The third-order valence-electron chi connectivity index (χ3n) is 5.85. The lowest BCUT2D eigenvalue weighted by atomic mass is 9.66. The van der Waals surface area contributed by atoms with Gasteiger partial charge in [-0.3, -0.25) is 4.79 Å². The molecule has 2 saturated heterocycles. The molecule has 25 heavy (non-hydrogen) atoms. The zero-order valence-corrected chi connectivity index (χ0v) is 14.7. The van der Waals surface area contributed by atoms with Crippen LogP contribution >= 0.6 is 0 Å². The maximum Gasteiger partial charge on any atom is 0.252 e. The van der Waals surface area contributed by atoms with Crippen LogP contribution < -0.4 is 11.1 Å². The van der Waals surface area contributed by atoms with Crippen LogP contribution in [0.1, 0.15) is 53.6 Å². The molecule has 0 aliphatic carbocycles. The molecule has 0 bridgehead atoms. The van der Waals surface area contributed by atoms with E-state index in [1.54, 1.807) is 0 Å². The highest BCUT2D eigenvalue weighted by molar-refractivity contribution is 5.94. The first-order valence-corrected chi connectivity index (χ1v) is 9.02. The minimum atomic E-state index is -0.927. The molecule has 2 aliphatic rings. The molecule has 0 unspecified atom stereocenters. The Morgan fingerprint density at radius 1 is 1.32 bits per heavy atom. The highest BCUT2D eigenvalue weighted by atomic mass is 19.1. The van der Waals surface area contributed by atoms with Crippen molar-refractivity contribution in [2.75, 3.05) is 26.3 Å². The van der Waals surface area contributed by atoms with Crippen LogP contribution in [0.4, 0.5) is 8.78 Å². The molecule has 0 spiro atoms. The number of nitrogens with one attached hydrogen (secondary N) is 1. The molecule has 0 aromatic heterocycles. The number of rotatable bonds is 4. The van der Waals surface area contributed by atoms with E-state index in [0.717, 1.165) is 58.4 Å². The summed E-state index contributed by atoms with van der Waals surface area (Å²) < 4.78 is 35.1. The van der Waals surface area contributed by atoms with E-state index in [9.17, 15) is 9.18 Å². The molecule has 0 radical (unpaired) electrons. The van der Waals surface area contributed by atoms with Gasteiger partial charge in [-0.1, -0.05) is 0 Å². The van der Waals surface area contributed by atoms with E-state index in [4.69, 9.17) is 10.5 Å². The zero-order chi connectivity index (χ0) is 18.0. The number of hydrogen-bond acceptors (Lipinski definition) is 3. The lowest BCUT2D eigenvalue weighted by Crippen LogP contribution is -2.42. The molecule has 1 aromatic rings. The minimum absolute atomic E-state index is 0.0207. The van der Waals surface area contributed by atoms with E-state index >= 15 is 4.39 Å². The molecule has 0 saturated carbocycles. The third-order valence-corrected chi connectivity index (χ3v) is 5.85. The van der Waals surface area contributed by atoms with Crippen molar-refractivity contribution in [1.29, 1.82) is 0 Å². The number of hydrogen-bond donors (Lipinski definition) is 2. The largest absolute Gasteiger partial charge is 0.381 e. The van der Waals surface area contributed by atoms with Gasteiger partial charge in [0, 0.05) is 24.2 Å². The van der Waals surface area contributed by atoms with E-state index in [1.807, 2.05) is 0 Å². The monoisotopic (exact) mass is 352 g/mol. The van der Waals surface area contributed by atoms with Gasteiger partial charge in [-0.05, 0) is 69.7 Å². The predicted octanol–water partition coefficient (Wildman–Crippen LogP) is 2.81. The lowest BCUT2D eigenvalue weighted by molar-refractivity contribution is 0.0520. The summed E-state index contributed by atoms with van der Waals surface area (Å²) in [5.41, 5.74) is 4.91. The third kappa shape index (κ3) is 3.55. The van der Waals surface area contributed by atoms with E-state index in [-0.39, 0.29) is 11.1 Å². The highest BCUT2D eigenvalue weighted by Crippen LogP contribution is 2.43. The quantitative estimate of drug-likeness (QED) is 0.876. The second-order valence-electron chi connectivity index (χ2n) is 7.37. The summed E-state index contributed by atoms with van der Waals surface area (Å²) in [4.78, 5) is 11.5. The lowest BCUT2D eigenvalue weighted by Gasteiger charge is -2.42. The Morgan fingerprint density at radius 2 is 1.96 bits per heavy atom. The molecule has 0 atom stereocenters. The molecule has 138 valence electrons. The molecule has 3 N–H and O–H groups in total. The molecule has 6 heteroatoms. The van der Waals surface area contributed by atoms with Crippen LogP contribution in [0, 0.1) is 24.5 Å². The summed E-state index contributed by atoms with van der Waals surface area (Å²) >= 11 is 0. The van der Waals surface area contributed by atoms with Crippen molar-refractivity contribution in [3.8, 4) is 0 Å². The summed E-state index contributed by atoms with van der Waals surface area (Å²) in [6.45, 7) is 4.46. The Hall–Kier alpha value is -1.53. The number of nitrogens with two attached hydrogens (primary N) is 1. The standard InChI is InChI=1S/C19H26F2N2O2/c1-12-16(18(22)24)15(20)10-14(17(12)21)19(4-6-23-7-5-19)11-13-2-8-25-9-3-13/h10,13,23H,2-9,11H2,1H3,(H2,22,24). The predicted molar refractivity (Wildman–Crippen MR) is 91.6 cm³/mol. The average Bonchev–Trinajstić information content (AvgIpc) is 2.59. The Labute approximate surface area is 147 Å². The van der Waals surface area contributed by atoms with Crippen molar-refractivity contribution in [3.63, 3.8) is 0 Å². The summed E-state index contributed by atoms with van der Waals surface area (Å²) in [6, 6.07) is 1.22. The first-order valence-electron chi connectivity index (χ1n) is 9.02. The summed E-state index contributed by atoms with van der Waals surface area (Å²) in [5, 5.41) is 3.31. The molecule has 1 amide bonds. The summed E-state index contributed by atoms with van der Waals surface area (Å²) in [7, 11) is 0. The number of primary amides is 1. The van der Waals surface area contributed by atoms with Gasteiger partial charge in [-0.15, -0.1) is 0 Å². The smallest absolute Gasteiger partial charge is 0.252 e. The topological polar surface area (TPSA) is 64.3 Å². The molecule has 2 fully saturated rings. The minimum Gasteiger partial charge on any atom is -0.381 e. The molecular formula is C19H26F2N2O2. The van der Waals surface area contributed by atoms with Crippen LogP contribution in [0.2, 0.25) is 0 Å². The van der Waals surface area contributed by atoms with E-state index in [1.165, 1.54) is 13.0 Å². The summed E-state index contributed by atoms with van der Waals surface area (Å²) in [5.74, 6) is -1.68. The van der Waals surface area contributed by atoms with Crippen LogP contribution in [-0.4, -0.2) is 32.2 Å². The van der Waals surface area contributed by atoms with Crippen molar-refractivity contribution < 1.29 is 18.3 Å². The van der Waals surface area contributed by atoms with Crippen LogP contribution in [0.5, 0.6) is 0 Å². The van der Waals surface area contributed by atoms with Gasteiger partial charge in [-0.2, -0.15) is 0 Å². The normalized spacial score (nSPS) is 21.2. The van der Waals surface area contributed by atoms with E-state index in [2.05, 4.69) is 5.32 Å². The number of ether oxygens (including phenoxy) is 1. The van der Waals surface area contributed by atoms with Crippen LogP contribution in [0.15, 0.2) is 6.07 Å². The average molecular weight is 352 g/mol. The van der Waals surface area contributed by atoms with Crippen molar-refractivity contribution >= 4 is 5.91 Å². The fourth-order valence-electron chi connectivity index (χ4n) is 4.43. The van der Waals surface area contributed by atoms with Crippen molar-refractivity contribution in [2.45, 2.75) is 44.4 Å². The van der Waals surface area contributed by atoms with E-state index < -0.39 is 23.0 Å². The van der Waals surface area contributed by atoms with Crippen molar-refractivity contribution in [1.82, 2.24) is 5.32 Å². The zero-order valence-electron chi connectivity index (χ0n) is 14.7. The van der Waals surface area contributed by atoms with Gasteiger partial charge >= 0.3 is 0 Å².